The molecule has 0 saturated heterocycles. The number of nitrogens with one attached hydrogen (secondary N) is 2. The molecule has 5 N–H and O–H groups in total. The molecule has 0 aliphatic heterocycles. The molecule has 1 aromatic rings. The number of hydrogen-bond donors (Lipinski definition) is 3. The van der Waals surface area contributed by atoms with E-state index in [0.717, 1.165) is 4.90 Å². The van der Waals surface area contributed by atoms with Crippen molar-refractivity contribution >= 4 is 11.9 Å². The SMILES string of the molecule is C[NH+](C)C(CCc1ncc(C[C@H]([NH3+])C(=O)[O-])[nH]1)C(=O)[O-]. The van der Waals surface area contributed by atoms with Crippen LogP contribution in [-0.2, 0) is 22.4 Å². The highest BCUT2D eigenvalue weighted by Gasteiger charge is 2.17. The van der Waals surface area contributed by atoms with E-state index in [2.05, 4.69) is 15.7 Å². The first-order chi connectivity index (χ1) is 9.31. The molecule has 112 valence electrons. The Hall–Kier alpha value is -1.93. The molecule has 0 spiro atoms. The Balaban J connectivity index is 2.56. The van der Waals surface area contributed by atoms with Gasteiger partial charge in [0.25, 0.3) is 0 Å². The Kier molecular flexibility index (Phi) is 5.66. The van der Waals surface area contributed by atoms with Crippen LogP contribution < -0.4 is 20.8 Å². The molecule has 1 heterocycles. The minimum atomic E-state index is -1.21. The fourth-order valence-corrected chi connectivity index (χ4v) is 1.91. The zero-order valence-corrected chi connectivity index (χ0v) is 11.6. The highest BCUT2D eigenvalue weighted by atomic mass is 16.4. The summed E-state index contributed by atoms with van der Waals surface area (Å²) in [4.78, 5) is 29.4. The molecule has 1 unspecified atom stereocenters. The quantitative estimate of drug-likeness (QED) is 0.436. The minimum absolute atomic E-state index is 0.207. The average Bonchev–Trinajstić information content (AvgIpc) is 2.75. The van der Waals surface area contributed by atoms with Crippen molar-refractivity contribution < 1.29 is 30.4 Å². The lowest BCUT2D eigenvalue weighted by Crippen LogP contribution is -3.11. The molecule has 1 aromatic heterocycles. The lowest BCUT2D eigenvalue weighted by molar-refractivity contribution is -0.879. The van der Waals surface area contributed by atoms with Crippen molar-refractivity contribution in [1.29, 1.82) is 0 Å². The van der Waals surface area contributed by atoms with E-state index in [1.165, 1.54) is 6.20 Å². The van der Waals surface area contributed by atoms with Crippen LogP contribution in [0.5, 0.6) is 0 Å². The standard InChI is InChI=1S/C12H20N4O4/c1-16(2)9(12(19)20)3-4-10-14-6-7(15-10)5-8(13)11(17)18/h6,8-9H,3-5,13H2,1-2H3,(H,14,15)(H,17,18)(H,19,20)/t8-,9?/m0/s1. The average molecular weight is 284 g/mol. The molecule has 0 aliphatic carbocycles. The summed E-state index contributed by atoms with van der Waals surface area (Å²) in [6.07, 6.45) is 2.59. The van der Waals surface area contributed by atoms with Crippen molar-refractivity contribution in [3.63, 3.8) is 0 Å². The first-order valence-electron chi connectivity index (χ1n) is 6.38. The lowest BCUT2D eigenvalue weighted by atomic mass is 10.1. The third-order valence-corrected chi connectivity index (χ3v) is 3.13. The summed E-state index contributed by atoms with van der Waals surface area (Å²) in [5, 5.41) is 21.5. The Morgan fingerprint density at radius 3 is 2.55 bits per heavy atom. The minimum Gasteiger partial charge on any atom is -0.544 e. The molecule has 1 rings (SSSR count). The van der Waals surface area contributed by atoms with Gasteiger partial charge in [-0.15, -0.1) is 0 Å². The van der Waals surface area contributed by atoms with Crippen molar-refractivity contribution in [2.45, 2.75) is 31.3 Å². The Bertz CT molecular complexity index is 472. The smallest absolute Gasteiger partial charge is 0.130 e. The topological polar surface area (TPSA) is 141 Å². The number of aryl methyl sites for hydroxylation is 1. The molecular weight excluding hydrogens is 264 g/mol. The van der Waals surface area contributed by atoms with Crippen LogP contribution in [0.25, 0.3) is 0 Å². The third kappa shape index (κ3) is 4.63. The number of quaternary nitrogens is 2. The second-order valence-corrected chi connectivity index (χ2v) is 5.06. The van der Waals surface area contributed by atoms with E-state index in [1.54, 1.807) is 14.1 Å². The molecule has 0 fully saturated rings. The monoisotopic (exact) mass is 284 g/mol. The molecular formula is C12H20N4O4. The Labute approximate surface area is 116 Å². The maximum atomic E-state index is 10.9. The second kappa shape index (κ2) is 7.01. The molecule has 0 bridgehead atoms. The van der Waals surface area contributed by atoms with Crippen molar-refractivity contribution in [1.82, 2.24) is 9.97 Å². The number of aromatic nitrogens is 2. The summed E-state index contributed by atoms with van der Waals surface area (Å²) in [6, 6.07) is -1.45. The van der Waals surface area contributed by atoms with E-state index < -0.39 is 24.0 Å². The van der Waals surface area contributed by atoms with Crippen molar-refractivity contribution in [3.8, 4) is 0 Å². The Morgan fingerprint density at radius 1 is 1.40 bits per heavy atom. The number of aliphatic carboxylic acids is 2. The van der Waals surface area contributed by atoms with Crippen LogP contribution in [0, 0.1) is 0 Å². The van der Waals surface area contributed by atoms with Crippen LogP contribution in [0.2, 0.25) is 0 Å². The van der Waals surface area contributed by atoms with Gasteiger partial charge in [0, 0.05) is 31.2 Å². The van der Waals surface area contributed by atoms with Gasteiger partial charge in [-0.25, -0.2) is 4.98 Å². The zero-order valence-electron chi connectivity index (χ0n) is 11.6. The van der Waals surface area contributed by atoms with E-state index in [1.807, 2.05) is 0 Å². The normalized spacial score (nSPS) is 14.2. The number of nitrogens with zero attached hydrogens (tertiary/aromatic N) is 1. The molecule has 0 amide bonds. The molecule has 0 aliphatic rings. The molecule has 2 atom stereocenters. The molecule has 0 radical (unpaired) electrons. The van der Waals surface area contributed by atoms with Gasteiger partial charge in [0.2, 0.25) is 0 Å². The number of likely N-dealkylation sites (N-methyl/N-ethyl adjacent to an activating group) is 1. The third-order valence-electron chi connectivity index (χ3n) is 3.13. The van der Waals surface area contributed by atoms with Gasteiger partial charge in [-0.05, 0) is 0 Å². The maximum absolute atomic E-state index is 10.9. The van der Waals surface area contributed by atoms with Crippen LogP contribution in [-0.4, -0.2) is 48.1 Å². The number of imidazole rings is 1. The number of rotatable bonds is 8. The number of carboxylic acid groups (broad SMARTS) is 2. The van der Waals surface area contributed by atoms with Crippen LogP contribution in [0.15, 0.2) is 6.20 Å². The molecule has 0 aromatic carbocycles. The summed E-state index contributed by atoms with van der Waals surface area (Å²) >= 11 is 0. The molecule has 0 saturated carbocycles. The van der Waals surface area contributed by atoms with Crippen molar-refractivity contribution in [2.75, 3.05) is 14.1 Å². The highest BCUT2D eigenvalue weighted by Crippen LogP contribution is 2.03. The van der Waals surface area contributed by atoms with Gasteiger partial charge in [0.05, 0.1) is 26.0 Å². The van der Waals surface area contributed by atoms with Crippen LogP contribution in [0.1, 0.15) is 17.9 Å². The van der Waals surface area contributed by atoms with E-state index in [4.69, 9.17) is 0 Å². The van der Waals surface area contributed by atoms with Crippen molar-refractivity contribution in [3.05, 3.63) is 17.7 Å². The predicted octanol–water partition coefficient (Wildman–Crippen LogP) is -5.49. The van der Waals surface area contributed by atoms with Gasteiger partial charge >= 0.3 is 0 Å². The summed E-state index contributed by atoms with van der Waals surface area (Å²) in [6.45, 7) is 0. The number of aromatic amines is 1. The van der Waals surface area contributed by atoms with E-state index in [-0.39, 0.29) is 6.42 Å². The van der Waals surface area contributed by atoms with Gasteiger partial charge in [-0.1, -0.05) is 0 Å². The fraction of sp³-hybridized carbons (Fsp3) is 0.583. The van der Waals surface area contributed by atoms with E-state index in [9.17, 15) is 19.8 Å². The second-order valence-electron chi connectivity index (χ2n) is 5.06. The number of H-pyrrole nitrogens is 1. The molecule has 8 heteroatoms. The Morgan fingerprint density at radius 2 is 2.05 bits per heavy atom. The molecule has 20 heavy (non-hydrogen) atoms. The predicted molar refractivity (Wildman–Crippen MR) is 63.9 cm³/mol. The lowest BCUT2D eigenvalue weighted by Gasteiger charge is -2.21. The number of hydrogen-bond acceptors (Lipinski definition) is 5. The maximum Gasteiger partial charge on any atom is 0.130 e. The van der Waals surface area contributed by atoms with Gasteiger partial charge in [-0.3, -0.25) is 0 Å². The first kappa shape index (κ1) is 16.1. The zero-order chi connectivity index (χ0) is 15.3. The van der Waals surface area contributed by atoms with Crippen LogP contribution in [0.3, 0.4) is 0 Å². The van der Waals surface area contributed by atoms with E-state index >= 15 is 0 Å². The number of carbonyl (C=O) groups is 2. The van der Waals surface area contributed by atoms with Crippen molar-refractivity contribution in [2.24, 2.45) is 0 Å². The summed E-state index contributed by atoms with van der Waals surface area (Å²) in [7, 11) is 3.50. The van der Waals surface area contributed by atoms with Crippen LogP contribution >= 0.6 is 0 Å². The number of carbonyl (C=O) groups excluding carboxylic acids is 2. The fourth-order valence-electron chi connectivity index (χ4n) is 1.91. The van der Waals surface area contributed by atoms with Gasteiger partial charge in [0.1, 0.15) is 17.9 Å². The first-order valence-corrected chi connectivity index (χ1v) is 6.38. The highest BCUT2D eigenvalue weighted by molar-refractivity contribution is 5.69. The van der Waals surface area contributed by atoms with Gasteiger partial charge < -0.3 is 35.4 Å². The van der Waals surface area contributed by atoms with E-state index in [0.29, 0.717) is 24.4 Å². The van der Waals surface area contributed by atoms with Gasteiger partial charge in [0.15, 0.2) is 0 Å². The summed E-state index contributed by atoms with van der Waals surface area (Å²) in [5.74, 6) is -1.68. The van der Waals surface area contributed by atoms with Crippen LogP contribution in [0.4, 0.5) is 0 Å². The number of carboxylic acids is 2. The molecule has 8 nitrogen and oxygen atoms in total. The van der Waals surface area contributed by atoms with Gasteiger partial charge in [-0.2, -0.15) is 0 Å². The largest absolute Gasteiger partial charge is 0.544 e. The summed E-state index contributed by atoms with van der Waals surface area (Å²) < 4.78 is 0. The summed E-state index contributed by atoms with van der Waals surface area (Å²) in [5.41, 5.74) is 4.11.